The van der Waals surface area contributed by atoms with Gasteiger partial charge >= 0.3 is 5.69 Å². The maximum atomic E-state index is 13.4. The number of methoxy groups -OCH3 is 3. The first-order valence-electron chi connectivity index (χ1n) is 21.8. The Bertz CT molecular complexity index is 2500. The van der Waals surface area contributed by atoms with Crippen LogP contribution in [-0.2, 0) is 28.9 Å². The van der Waals surface area contributed by atoms with E-state index in [1.807, 2.05) is 78.9 Å². The molecule has 4 heterocycles. The molecule has 0 radical (unpaired) electrons. The fourth-order valence-corrected chi connectivity index (χ4v) is 15.7. The molecule has 12 nitrogen and oxygen atoms in total. The van der Waals surface area contributed by atoms with Crippen LogP contribution in [0, 0.1) is 0 Å². The molecule has 0 saturated carbocycles. The SMILES string of the molecule is COc1ccc(C(OC[C@H]2O[C@@H](n3ccc(=O)[nH]c3=O)C(OC)[C@H]2O[P@]2O[C@H](C[Si](C)(c3ccccc3)c3ccccc3)[C@@H]3CCCN32)(c2ccccc2)c2ccc(OC)cc2)cc1. The molecule has 1 aromatic heterocycles. The van der Waals surface area contributed by atoms with Gasteiger partial charge in [0.1, 0.15) is 43.5 Å². The van der Waals surface area contributed by atoms with Crippen molar-refractivity contribution in [2.75, 3.05) is 34.5 Å². The van der Waals surface area contributed by atoms with Crippen molar-refractivity contribution in [1.29, 1.82) is 0 Å². The van der Waals surface area contributed by atoms with Gasteiger partial charge in [0.15, 0.2) is 6.23 Å². The third-order valence-electron chi connectivity index (χ3n) is 13.1. The molecular weight excluding hydrogens is 846 g/mol. The predicted molar refractivity (Wildman–Crippen MR) is 249 cm³/mol. The van der Waals surface area contributed by atoms with Gasteiger partial charge < -0.3 is 32.7 Å². The highest BCUT2D eigenvalue weighted by molar-refractivity contribution is 7.45. The van der Waals surface area contributed by atoms with Crippen molar-refractivity contribution in [1.82, 2.24) is 14.2 Å². The summed E-state index contributed by atoms with van der Waals surface area (Å²) in [6.07, 6.45) is 0.115. The molecule has 9 rings (SSSR count). The van der Waals surface area contributed by atoms with E-state index in [9.17, 15) is 9.59 Å². The van der Waals surface area contributed by atoms with Crippen molar-refractivity contribution < 1.29 is 32.7 Å². The smallest absolute Gasteiger partial charge is 0.330 e. The fourth-order valence-electron chi connectivity index (χ4n) is 9.74. The summed E-state index contributed by atoms with van der Waals surface area (Å²) in [4.78, 5) is 28.1. The minimum absolute atomic E-state index is 0.00904. The van der Waals surface area contributed by atoms with E-state index in [4.69, 9.17) is 32.7 Å². The maximum Gasteiger partial charge on any atom is 0.330 e. The summed E-state index contributed by atoms with van der Waals surface area (Å²) >= 11 is 0. The molecule has 1 N–H and O–H groups in total. The van der Waals surface area contributed by atoms with E-state index < -0.39 is 58.0 Å². The quantitative estimate of drug-likeness (QED) is 0.0628. The largest absolute Gasteiger partial charge is 0.497 e. The summed E-state index contributed by atoms with van der Waals surface area (Å²) in [6.45, 7) is 3.29. The van der Waals surface area contributed by atoms with Gasteiger partial charge in [-0.15, -0.1) is 0 Å². The fraction of sp³-hybridized carbons (Fsp3) is 0.320. The summed E-state index contributed by atoms with van der Waals surface area (Å²) in [6, 6.07) is 49.8. The number of aromatic nitrogens is 2. The van der Waals surface area contributed by atoms with E-state index >= 15 is 0 Å². The van der Waals surface area contributed by atoms with Gasteiger partial charge in [0.05, 0.1) is 26.9 Å². The molecule has 332 valence electrons. The minimum atomic E-state index is -2.29. The van der Waals surface area contributed by atoms with Crippen molar-refractivity contribution in [3.8, 4) is 11.5 Å². The summed E-state index contributed by atoms with van der Waals surface area (Å²) in [5.41, 5.74) is 0.298. The van der Waals surface area contributed by atoms with Gasteiger partial charge in [-0.1, -0.05) is 132 Å². The Labute approximate surface area is 375 Å². The molecule has 3 aliphatic heterocycles. The normalized spacial score (nSPS) is 23.5. The maximum absolute atomic E-state index is 13.4. The van der Waals surface area contributed by atoms with E-state index in [-0.39, 0.29) is 18.8 Å². The zero-order valence-electron chi connectivity index (χ0n) is 36.4. The molecule has 64 heavy (non-hydrogen) atoms. The standard InChI is InChI=1S/C50H54N3O9PSi/c1-56-38-26-22-36(23-27-38)50(35-15-8-5-9-16-35,37-24-28-39(57-2)29-25-37)59-33-43-46(47(58-3)48(60-43)52-32-30-45(54)51-49(52)55)62-63-53-31-14-21-42(53)44(61-63)34-64(4,40-17-10-6-11-18-40)41-19-12-7-13-20-41/h5-13,15-20,22-30,32,42-44,46-48H,14,21,31,33-34H2,1-4H3,(H,51,54,55)/t42-,43+,44+,46-,47?,48+,63-/m0/s1. The molecule has 0 spiro atoms. The van der Waals surface area contributed by atoms with E-state index in [0.717, 1.165) is 42.1 Å². The van der Waals surface area contributed by atoms with Crippen LogP contribution >= 0.6 is 8.53 Å². The summed E-state index contributed by atoms with van der Waals surface area (Å²) in [7, 11) is 0.975. The second kappa shape index (κ2) is 19.1. The molecule has 14 heteroatoms. The van der Waals surface area contributed by atoms with Gasteiger partial charge in [-0.3, -0.25) is 14.3 Å². The van der Waals surface area contributed by atoms with Crippen LogP contribution in [0.3, 0.4) is 0 Å². The number of fused-ring (bicyclic) bond motifs is 1. The van der Waals surface area contributed by atoms with Crippen LogP contribution < -0.4 is 31.1 Å². The van der Waals surface area contributed by atoms with Gasteiger partial charge in [-0.05, 0) is 59.8 Å². The lowest BCUT2D eigenvalue weighted by Gasteiger charge is -2.37. The monoisotopic (exact) mass is 899 g/mol. The topological polar surface area (TPSA) is 123 Å². The van der Waals surface area contributed by atoms with E-state index in [1.54, 1.807) is 21.3 Å². The van der Waals surface area contributed by atoms with Crippen LogP contribution in [0.25, 0.3) is 0 Å². The highest BCUT2D eigenvalue weighted by atomic mass is 31.2. The second-order valence-corrected chi connectivity index (χ2v) is 22.3. The average Bonchev–Trinajstić information content (AvgIpc) is 4.05. The molecule has 3 aliphatic rings. The molecule has 5 aromatic carbocycles. The molecule has 6 aromatic rings. The van der Waals surface area contributed by atoms with Crippen LogP contribution in [0.15, 0.2) is 161 Å². The lowest BCUT2D eigenvalue weighted by atomic mass is 9.80. The molecule has 3 fully saturated rings. The first-order chi connectivity index (χ1) is 31.2. The summed E-state index contributed by atoms with van der Waals surface area (Å²) in [5, 5.41) is 2.72. The van der Waals surface area contributed by atoms with E-state index in [1.165, 1.54) is 27.2 Å². The van der Waals surface area contributed by atoms with Crippen molar-refractivity contribution in [2.24, 2.45) is 0 Å². The lowest BCUT2D eigenvalue weighted by Crippen LogP contribution is -2.58. The van der Waals surface area contributed by atoms with Gasteiger partial charge in [0.2, 0.25) is 0 Å². The molecule has 0 bridgehead atoms. The van der Waals surface area contributed by atoms with Crippen molar-refractivity contribution in [3.63, 3.8) is 0 Å². The summed E-state index contributed by atoms with van der Waals surface area (Å²) < 4.78 is 49.8. The number of hydrogen-bond acceptors (Lipinski definition) is 10. The lowest BCUT2D eigenvalue weighted by molar-refractivity contribution is -0.0955. The third kappa shape index (κ3) is 8.43. The van der Waals surface area contributed by atoms with Gasteiger partial charge in [-0.25, -0.2) is 9.46 Å². The number of ether oxygens (including phenoxy) is 5. The minimum Gasteiger partial charge on any atom is -0.497 e. The Hall–Kier alpha value is -5.21. The van der Waals surface area contributed by atoms with Crippen molar-refractivity contribution in [3.05, 3.63) is 189 Å². The Kier molecular flexibility index (Phi) is 13.1. The van der Waals surface area contributed by atoms with Crippen LogP contribution in [0.5, 0.6) is 11.5 Å². The van der Waals surface area contributed by atoms with Crippen molar-refractivity contribution >= 4 is 27.0 Å². The summed E-state index contributed by atoms with van der Waals surface area (Å²) in [5.74, 6) is 1.41. The van der Waals surface area contributed by atoms with Crippen LogP contribution in [0.1, 0.15) is 35.8 Å². The Balaban J connectivity index is 1.09. The number of H-pyrrole nitrogens is 1. The zero-order chi connectivity index (χ0) is 44.3. The molecule has 0 amide bonds. The Morgan fingerprint density at radius 2 is 1.28 bits per heavy atom. The molecule has 1 unspecified atom stereocenters. The molecule has 7 atom stereocenters. The number of hydrogen-bond donors (Lipinski definition) is 1. The van der Waals surface area contributed by atoms with E-state index in [2.05, 4.69) is 76.9 Å². The van der Waals surface area contributed by atoms with E-state index in [0.29, 0.717) is 11.5 Å². The van der Waals surface area contributed by atoms with Gasteiger partial charge in [0, 0.05) is 32.0 Å². The predicted octanol–water partition coefficient (Wildman–Crippen LogP) is 6.84. The molecule has 3 saturated heterocycles. The third-order valence-corrected chi connectivity index (χ3v) is 19.3. The van der Waals surface area contributed by atoms with Crippen LogP contribution in [0.4, 0.5) is 0 Å². The highest BCUT2D eigenvalue weighted by Gasteiger charge is 2.55. The van der Waals surface area contributed by atoms with Gasteiger partial charge in [0.25, 0.3) is 14.1 Å². The van der Waals surface area contributed by atoms with Crippen LogP contribution in [-0.4, -0.2) is 87.2 Å². The molecule has 0 aliphatic carbocycles. The average molecular weight is 900 g/mol. The van der Waals surface area contributed by atoms with Crippen molar-refractivity contribution in [2.45, 2.75) is 67.7 Å². The first kappa shape index (κ1) is 44.0. The number of aromatic amines is 1. The van der Waals surface area contributed by atoms with Crippen LogP contribution in [0.2, 0.25) is 12.6 Å². The number of rotatable bonds is 16. The Morgan fingerprint density at radius 1 is 0.719 bits per heavy atom. The zero-order valence-corrected chi connectivity index (χ0v) is 38.3. The first-order valence-corrected chi connectivity index (χ1v) is 25.6. The highest BCUT2D eigenvalue weighted by Crippen LogP contribution is 2.59. The van der Waals surface area contributed by atoms with Gasteiger partial charge in [-0.2, -0.15) is 0 Å². The number of benzene rings is 5. The number of nitrogens with one attached hydrogen (secondary N) is 1. The number of nitrogens with zero attached hydrogens (tertiary/aromatic N) is 2. The second-order valence-electron chi connectivity index (χ2n) is 16.7. The molecular formula is C50H54N3O9PSi. The Morgan fingerprint density at radius 3 is 1.83 bits per heavy atom.